The second kappa shape index (κ2) is 2.34. The first-order chi connectivity index (χ1) is 5.36. The Bertz CT molecular complexity index is 257. The van der Waals surface area contributed by atoms with Crippen LogP contribution in [0.3, 0.4) is 0 Å². The van der Waals surface area contributed by atoms with E-state index in [4.69, 9.17) is 4.42 Å². The molecule has 2 rings (SSSR count). The van der Waals surface area contributed by atoms with E-state index < -0.39 is 0 Å². The van der Waals surface area contributed by atoms with Gasteiger partial charge in [-0.25, -0.2) is 0 Å². The fraction of sp³-hybridized carbons (Fsp3) is 0.500. The molecule has 0 aromatic carbocycles. The van der Waals surface area contributed by atoms with Crippen molar-refractivity contribution in [1.29, 1.82) is 0 Å². The molecular weight excluding hydrogens is 146 g/mol. The smallest absolute Gasteiger partial charge is 0.221 e. The number of amides is 1. The minimum Gasteiger partial charge on any atom is -0.428 e. The lowest BCUT2D eigenvalue weighted by Gasteiger charge is -1.96. The number of rotatable bonds is 1. The van der Waals surface area contributed by atoms with Crippen LogP contribution >= 0.6 is 0 Å². The monoisotopic (exact) mass is 153 g/mol. The molecule has 58 valence electrons. The molecule has 0 spiro atoms. The normalized spacial score (nSPS) is 23.6. The number of nitrogens with one attached hydrogen (secondary N) is 1. The van der Waals surface area contributed by atoms with Crippen molar-refractivity contribution in [2.45, 2.75) is 12.3 Å². The maximum atomic E-state index is 10.7. The third-order valence-electron chi connectivity index (χ3n) is 1.70. The van der Waals surface area contributed by atoms with Gasteiger partial charge >= 0.3 is 0 Å². The van der Waals surface area contributed by atoms with E-state index in [1.54, 1.807) is 0 Å². The molecule has 1 aliphatic heterocycles. The number of nitrogens with zero attached hydrogens (tertiary/aromatic N) is 2. The van der Waals surface area contributed by atoms with Crippen molar-refractivity contribution in [3.8, 4) is 0 Å². The van der Waals surface area contributed by atoms with Gasteiger partial charge in [0, 0.05) is 13.0 Å². The summed E-state index contributed by atoms with van der Waals surface area (Å²) in [7, 11) is 0. The van der Waals surface area contributed by atoms with Crippen LogP contribution in [0.5, 0.6) is 0 Å². The maximum absolute atomic E-state index is 10.7. The van der Waals surface area contributed by atoms with Crippen molar-refractivity contribution in [2.24, 2.45) is 0 Å². The van der Waals surface area contributed by atoms with Gasteiger partial charge in [-0.15, -0.1) is 10.2 Å². The topological polar surface area (TPSA) is 68.0 Å². The lowest BCUT2D eigenvalue weighted by molar-refractivity contribution is -0.119. The number of carbonyl (C=O) groups excluding carboxylic acids is 1. The molecule has 1 atom stereocenters. The molecule has 1 aromatic heterocycles. The number of hydrogen-bond donors (Lipinski definition) is 1. The van der Waals surface area contributed by atoms with Crippen molar-refractivity contribution >= 4 is 5.91 Å². The second-order valence-corrected chi connectivity index (χ2v) is 2.48. The van der Waals surface area contributed by atoms with Crippen molar-refractivity contribution in [2.75, 3.05) is 6.54 Å². The Morgan fingerprint density at radius 1 is 1.73 bits per heavy atom. The summed E-state index contributed by atoms with van der Waals surface area (Å²) in [5.74, 6) is 0.668. The van der Waals surface area contributed by atoms with Gasteiger partial charge in [0.05, 0.1) is 5.92 Å². The SMILES string of the molecule is O=C1C[C@H](c2nnco2)CN1. The molecule has 1 aliphatic rings. The van der Waals surface area contributed by atoms with Gasteiger partial charge in [0.25, 0.3) is 0 Å². The Balaban J connectivity index is 2.13. The predicted molar refractivity (Wildman–Crippen MR) is 34.7 cm³/mol. The van der Waals surface area contributed by atoms with Crippen molar-refractivity contribution in [1.82, 2.24) is 15.5 Å². The molecule has 1 N–H and O–H groups in total. The summed E-state index contributed by atoms with van der Waals surface area (Å²) in [6, 6.07) is 0. The summed E-state index contributed by atoms with van der Waals surface area (Å²) in [6.07, 6.45) is 1.74. The fourth-order valence-electron chi connectivity index (χ4n) is 1.14. The van der Waals surface area contributed by atoms with E-state index in [1.807, 2.05) is 0 Å². The average molecular weight is 153 g/mol. The summed E-state index contributed by atoms with van der Waals surface area (Å²) in [5, 5.41) is 9.95. The van der Waals surface area contributed by atoms with Crippen LogP contribution in [-0.2, 0) is 4.79 Å². The molecule has 5 heteroatoms. The highest BCUT2D eigenvalue weighted by Gasteiger charge is 2.26. The molecule has 0 unspecified atom stereocenters. The Hall–Kier alpha value is -1.39. The van der Waals surface area contributed by atoms with E-state index in [0.29, 0.717) is 18.9 Å². The minimum absolute atomic E-state index is 0.0493. The molecule has 0 aliphatic carbocycles. The van der Waals surface area contributed by atoms with Gasteiger partial charge in [-0.05, 0) is 0 Å². The lowest BCUT2D eigenvalue weighted by Crippen LogP contribution is -2.13. The van der Waals surface area contributed by atoms with Gasteiger partial charge in [0.1, 0.15) is 0 Å². The van der Waals surface area contributed by atoms with Gasteiger partial charge in [-0.2, -0.15) is 0 Å². The molecule has 11 heavy (non-hydrogen) atoms. The molecule has 1 amide bonds. The van der Waals surface area contributed by atoms with E-state index in [0.717, 1.165) is 0 Å². The largest absolute Gasteiger partial charge is 0.428 e. The van der Waals surface area contributed by atoms with E-state index in [9.17, 15) is 4.79 Å². The third kappa shape index (κ3) is 1.09. The summed E-state index contributed by atoms with van der Waals surface area (Å²) in [6.45, 7) is 0.612. The number of hydrogen-bond acceptors (Lipinski definition) is 4. The average Bonchev–Trinajstić information content (AvgIpc) is 2.55. The van der Waals surface area contributed by atoms with Gasteiger partial charge in [-0.1, -0.05) is 0 Å². The highest BCUT2D eigenvalue weighted by atomic mass is 16.4. The summed E-state index contributed by atoms with van der Waals surface area (Å²) >= 11 is 0. The van der Waals surface area contributed by atoms with Crippen LogP contribution in [0.2, 0.25) is 0 Å². The third-order valence-corrected chi connectivity index (χ3v) is 1.70. The summed E-state index contributed by atoms with van der Waals surface area (Å²) < 4.78 is 4.95. The van der Waals surface area contributed by atoms with Crippen molar-refractivity contribution in [3.63, 3.8) is 0 Å². The van der Waals surface area contributed by atoms with Crippen LogP contribution in [-0.4, -0.2) is 22.6 Å². The van der Waals surface area contributed by atoms with E-state index in [1.165, 1.54) is 6.39 Å². The Morgan fingerprint density at radius 2 is 2.64 bits per heavy atom. The molecule has 1 aromatic rings. The van der Waals surface area contributed by atoms with E-state index >= 15 is 0 Å². The Morgan fingerprint density at radius 3 is 3.18 bits per heavy atom. The Labute approximate surface area is 62.8 Å². The van der Waals surface area contributed by atoms with Gasteiger partial charge in [0.2, 0.25) is 18.2 Å². The zero-order valence-electron chi connectivity index (χ0n) is 5.78. The molecular formula is C6H7N3O2. The van der Waals surface area contributed by atoms with Gasteiger partial charge in [-0.3, -0.25) is 4.79 Å². The molecule has 2 heterocycles. The lowest BCUT2D eigenvalue weighted by atomic mass is 10.1. The minimum atomic E-state index is 0.0493. The Kier molecular flexibility index (Phi) is 1.34. The first-order valence-corrected chi connectivity index (χ1v) is 3.39. The van der Waals surface area contributed by atoms with Crippen LogP contribution in [0.4, 0.5) is 0 Å². The zero-order chi connectivity index (χ0) is 7.68. The number of aromatic nitrogens is 2. The van der Waals surface area contributed by atoms with E-state index in [-0.39, 0.29) is 11.8 Å². The predicted octanol–water partition coefficient (Wildman–Crippen LogP) is -0.327. The maximum Gasteiger partial charge on any atom is 0.221 e. The first kappa shape index (κ1) is 6.33. The first-order valence-electron chi connectivity index (χ1n) is 3.39. The van der Waals surface area contributed by atoms with Crippen molar-refractivity contribution in [3.05, 3.63) is 12.3 Å². The fourth-order valence-corrected chi connectivity index (χ4v) is 1.14. The molecule has 1 saturated heterocycles. The molecule has 5 nitrogen and oxygen atoms in total. The zero-order valence-corrected chi connectivity index (χ0v) is 5.78. The van der Waals surface area contributed by atoms with Crippen LogP contribution in [0, 0.1) is 0 Å². The van der Waals surface area contributed by atoms with Gasteiger partial charge < -0.3 is 9.73 Å². The van der Waals surface area contributed by atoms with Gasteiger partial charge in [0.15, 0.2) is 0 Å². The van der Waals surface area contributed by atoms with Crippen LogP contribution in [0.1, 0.15) is 18.2 Å². The summed E-state index contributed by atoms with van der Waals surface area (Å²) in [4.78, 5) is 10.7. The molecule has 0 saturated carbocycles. The molecule has 0 bridgehead atoms. The van der Waals surface area contributed by atoms with Crippen LogP contribution < -0.4 is 5.32 Å². The highest BCUT2D eigenvalue weighted by Crippen LogP contribution is 2.19. The summed E-state index contributed by atoms with van der Waals surface area (Å²) in [5.41, 5.74) is 0. The molecule has 0 radical (unpaired) electrons. The van der Waals surface area contributed by atoms with Crippen LogP contribution in [0.25, 0.3) is 0 Å². The number of carbonyl (C=O) groups is 1. The highest BCUT2D eigenvalue weighted by molar-refractivity contribution is 5.79. The van der Waals surface area contributed by atoms with E-state index in [2.05, 4.69) is 15.5 Å². The quantitative estimate of drug-likeness (QED) is 0.600. The van der Waals surface area contributed by atoms with Crippen molar-refractivity contribution < 1.29 is 9.21 Å². The molecule has 1 fully saturated rings. The van der Waals surface area contributed by atoms with Crippen LogP contribution in [0.15, 0.2) is 10.8 Å². The second-order valence-electron chi connectivity index (χ2n) is 2.48. The standard InChI is InChI=1S/C6H7N3O2/c10-5-1-4(2-7-5)6-9-8-3-11-6/h3-4H,1-2H2,(H,7,10)/t4-/m0/s1.